The van der Waals surface area contributed by atoms with E-state index in [0.717, 1.165) is 12.3 Å². The number of carbonyl (C=O) groups excluding carboxylic acids is 1. The SMILES string of the molecule is COC1CCC[C@@]2(C)C1CCC2C1(CCC(=O)C(C)(C)O)CC1. The van der Waals surface area contributed by atoms with Gasteiger partial charge in [0, 0.05) is 13.5 Å². The zero-order valence-corrected chi connectivity index (χ0v) is 15.4. The van der Waals surface area contributed by atoms with Crippen LogP contribution in [0.15, 0.2) is 0 Å². The van der Waals surface area contributed by atoms with Gasteiger partial charge in [0.15, 0.2) is 5.78 Å². The second kappa shape index (κ2) is 5.84. The molecule has 0 aromatic heterocycles. The van der Waals surface area contributed by atoms with Gasteiger partial charge in [-0.05, 0) is 81.5 Å². The quantitative estimate of drug-likeness (QED) is 0.800. The fourth-order valence-electron chi connectivity index (χ4n) is 6.01. The third kappa shape index (κ3) is 3.00. The molecule has 0 aliphatic heterocycles. The van der Waals surface area contributed by atoms with Crippen LogP contribution in [0.2, 0.25) is 0 Å². The Labute approximate surface area is 141 Å². The van der Waals surface area contributed by atoms with Crippen LogP contribution in [0.3, 0.4) is 0 Å². The summed E-state index contributed by atoms with van der Waals surface area (Å²) in [4.78, 5) is 12.1. The molecule has 3 aliphatic carbocycles. The maximum Gasteiger partial charge on any atom is 0.163 e. The topological polar surface area (TPSA) is 46.5 Å². The number of methoxy groups -OCH3 is 1. The highest BCUT2D eigenvalue weighted by Gasteiger charge is 2.61. The molecule has 0 aromatic rings. The molecule has 0 aromatic carbocycles. The molecule has 0 heterocycles. The molecular weight excluding hydrogens is 288 g/mol. The first kappa shape index (κ1) is 17.4. The Morgan fingerprint density at radius 2 is 1.91 bits per heavy atom. The second-order valence-corrected chi connectivity index (χ2v) is 9.25. The van der Waals surface area contributed by atoms with E-state index in [2.05, 4.69) is 6.92 Å². The third-order valence-electron chi connectivity index (χ3n) is 7.53. The molecule has 3 saturated carbocycles. The van der Waals surface area contributed by atoms with Crippen molar-refractivity contribution in [1.29, 1.82) is 0 Å². The highest BCUT2D eigenvalue weighted by atomic mass is 16.5. The molecule has 1 N–H and O–H groups in total. The molecule has 0 saturated heterocycles. The van der Waals surface area contributed by atoms with Crippen LogP contribution in [0, 0.1) is 22.7 Å². The number of ether oxygens (including phenoxy) is 1. The van der Waals surface area contributed by atoms with Crippen LogP contribution in [0.1, 0.15) is 78.6 Å². The number of Topliss-reactive ketones (excluding diaryl/α,β-unsaturated/α-hetero) is 1. The minimum atomic E-state index is -1.18. The largest absolute Gasteiger partial charge is 0.383 e. The molecule has 3 rings (SSSR count). The van der Waals surface area contributed by atoms with Crippen molar-refractivity contribution in [1.82, 2.24) is 0 Å². The Hall–Kier alpha value is -0.410. The van der Waals surface area contributed by atoms with Crippen molar-refractivity contribution in [2.45, 2.75) is 90.3 Å². The van der Waals surface area contributed by atoms with Crippen LogP contribution in [-0.2, 0) is 9.53 Å². The van der Waals surface area contributed by atoms with E-state index in [-0.39, 0.29) is 5.78 Å². The summed E-state index contributed by atoms with van der Waals surface area (Å²) in [6, 6.07) is 0. The zero-order valence-electron chi connectivity index (χ0n) is 15.4. The Kier molecular flexibility index (Phi) is 4.42. The van der Waals surface area contributed by atoms with Crippen molar-refractivity contribution in [2.24, 2.45) is 22.7 Å². The average molecular weight is 322 g/mol. The normalized spacial score (nSPS) is 39.1. The summed E-state index contributed by atoms with van der Waals surface area (Å²) in [5.74, 6) is 1.45. The van der Waals surface area contributed by atoms with E-state index < -0.39 is 5.60 Å². The number of ketones is 1. The van der Waals surface area contributed by atoms with Gasteiger partial charge < -0.3 is 9.84 Å². The number of carbonyl (C=O) groups is 1. The van der Waals surface area contributed by atoms with E-state index in [1.54, 1.807) is 13.8 Å². The first-order valence-electron chi connectivity index (χ1n) is 9.51. The van der Waals surface area contributed by atoms with Gasteiger partial charge in [-0.25, -0.2) is 0 Å². The van der Waals surface area contributed by atoms with Crippen LogP contribution in [0.5, 0.6) is 0 Å². The number of fused-ring (bicyclic) bond motifs is 1. The van der Waals surface area contributed by atoms with Crippen molar-refractivity contribution in [3.63, 3.8) is 0 Å². The molecule has 23 heavy (non-hydrogen) atoms. The smallest absolute Gasteiger partial charge is 0.163 e. The lowest BCUT2D eigenvalue weighted by Gasteiger charge is -2.47. The van der Waals surface area contributed by atoms with Crippen LogP contribution in [0.25, 0.3) is 0 Å². The van der Waals surface area contributed by atoms with Gasteiger partial charge >= 0.3 is 0 Å². The lowest BCUT2D eigenvalue weighted by Crippen LogP contribution is -2.43. The fourth-order valence-corrected chi connectivity index (χ4v) is 6.01. The van der Waals surface area contributed by atoms with Crippen molar-refractivity contribution >= 4 is 5.78 Å². The van der Waals surface area contributed by atoms with Crippen molar-refractivity contribution < 1.29 is 14.6 Å². The molecule has 0 amide bonds. The summed E-state index contributed by atoms with van der Waals surface area (Å²) < 4.78 is 5.81. The maximum atomic E-state index is 12.1. The van der Waals surface area contributed by atoms with Gasteiger partial charge in [0.2, 0.25) is 0 Å². The van der Waals surface area contributed by atoms with Crippen molar-refractivity contribution in [2.75, 3.05) is 7.11 Å². The predicted octanol–water partition coefficient (Wildman–Crippen LogP) is 4.12. The van der Waals surface area contributed by atoms with E-state index in [1.165, 1.54) is 44.9 Å². The van der Waals surface area contributed by atoms with Gasteiger partial charge in [0.05, 0.1) is 6.10 Å². The first-order valence-corrected chi connectivity index (χ1v) is 9.51. The number of hydrogen-bond donors (Lipinski definition) is 1. The van der Waals surface area contributed by atoms with Crippen LogP contribution in [-0.4, -0.2) is 29.7 Å². The molecule has 3 unspecified atom stereocenters. The monoisotopic (exact) mass is 322 g/mol. The molecule has 0 radical (unpaired) electrons. The summed E-state index contributed by atoms with van der Waals surface area (Å²) in [5.41, 5.74) is -0.405. The minimum absolute atomic E-state index is 0.00175. The molecule has 3 aliphatic rings. The van der Waals surface area contributed by atoms with Gasteiger partial charge in [0.25, 0.3) is 0 Å². The highest BCUT2D eigenvalue weighted by molar-refractivity contribution is 5.86. The Balaban J connectivity index is 1.70. The molecule has 0 spiro atoms. The molecular formula is C20H34O3. The second-order valence-electron chi connectivity index (χ2n) is 9.25. The van der Waals surface area contributed by atoms with Crippen molar-refractivity contribution in [3.05, 3.63) is 0 Å². The van der Waals surface area contributed by atoms with E-state index in [9.17, 15) is 9.90 Å². The molecule has 132 valence electrons. The summed E-state index contributed by atoms with van der Waals surface area (Å²) in [6.45, 7) is 5.73. The number of aliphatic hydroxyl groups is 1. The molecule has 3 fully saturated rings. The van der Waals surface area contributed by atoms with Crippen molar-refractivity contribution in [3.8, 4) is 0 Å². The molecule has 3 heteroatoms. The summed E-state index contributed by atoms with van der Waals surface area (Å²) >= 11 is 0. The van der Waals surface area contributed by atoms with Gasteiger partial charge in [-0.15, -0.1) is 0 Å². The number of rotatable bonds is 6. The van der Waals surface area contributed by atoms with E-state index in [0.29, 0.717) is 29.3 Å². The van der Waals surface area contributed by atoms with Gasteiger partial charge in [-0.2, -0.15) is 0 Å². The Bertz CT molecular complexity index is 460. The zero-order chi connectivity index (χ0) is 16.9. The predicted molar refractivity (Wildman–Crippen MR) is 91.2 cm³/mol. The van der Waals surface area contributed by atoms with Gasteiger partial charge in [-0.3, -0.25) is 4.79 Å². The lowest BCUT2D eigenvalue weighted by atomic mass is 9.60. The fraction of sp³-hybridized carbons (Fsp3) is 0.950. The van der Waals surface area contributed by atoms with E-state index >= 15 is 0 Å². The van der Waals surface area contributed by atoms with Crippen LogP contribution in [0.4, 0.5) is 0 Å². The lowest BCUT2D eigenvalue weighted by molar-refractivity contribution is -0.134. The van der Waals surface area contributed by atoms with Gasteiger partial charge in [-0.1, -0.05) is 13.3 Å². The minimum Gasteiger partial charge on any atom is -0.383 e. The summed E-state index contributed by atoms with van der Waals surface area (Å²) in [7, 11) is 1.87. The highest BCUT2D eigenvalue weighted by Crippen LogP contribution is 2.69. The van der Waals surface area contributed by atoms with E-state index in [1.807, 2.05) is 7.11 Å². The Morgan fingerprint density at radius 1 is 1.22 bits per heavy atom. The molecule has 3 nitrogen and oxygen atoms in total. The molecule has 4 atom stereocenters. The first-order chi connectivity index (χ1) is 10.7. The summed E-state index contributed by atoms with van der Waals surface area (Å²) in [6.07, 6.45) is 10.9. The van der Waals surface area contributed by atoms with Crippen LogP contribution < -0.4 is 0 Å². The number of hydrogen-bond acceptors (Lipinski definition) is 3. The van der Waals surface area contributed by atoms with Crippen LogP contribution >= 0.6 is 0 Å². The maximum absolute atomic E-state index is 12.1. The molecule has 0 bridgehead atoms. The standard InChI is InChI=1S/C20H34O3/c1-18(2,22)17(21)9-11-20(12-13-20)16-8-7-14-15(23-4)6-5-10-19(14,16)3/h14-16,22H,5-13H2,1-4H3/t14?,15?,16?,19-/m0/s1. The summed E-state index contributed by atoms with van der Waals surface area (Å²) in [5, 5.41) is 9.91. The van der Waals surface area contributed by atoms with Gasteiger partial charge in [0.1, 0.15) is 5.60 Å². The Morgan fingerprint density at radius 3 is 2.48 bits per heavy atom. The van der Waals surface area contributed by atoms with E-state index in [4.69, 9.17) is 4.74 Å². The average Bonchev–Trinajstić information content (AvgIpc) is 3.17. The third-order valence-corrected chi connectivity index (χ3v) is 7.53.